The Kier molecular flexibility index (Phi) is 5.10. The van der Waals surface area contributed by atoms with Gasteiger partial charge in [-0.05, 0) is 35.7 Å². The van der Waals surface area contributed by atoms with Crippen LogP contribution >= 0.6 is 0 Å². The van der Waals surface area contributed by atoms with Gasteiger partial charge in [-0.2, -0.15) is 26.3 Å². The number of aromatic nitrogens is 1. The van der Waals surface area contributed by atoms with Crippen molar-refractivity contribution in [3.05, 3.63) is 71.4 Å². The van der Waals surface area contributed by atoms with Crippen LogP contribution in [0.2, 0.25) is 0 Å². The maximum Gasteiger partial charge on any atom is 0.416 e. The molecule has 28 heavy (non-hydrogen) atoms. The predicted molar refractivity (Wildman–Crippen MR) is 90.7 cm³/mol. The largest absolute Gasteiger partial charge is 0.416 e. The molecule has 3 rings (SSSR count). The van der Waals surface area contributed by atoms with E-state index in [-0.39, 0.29) is 12.6 Å². The van der Waals surface area contributed by atoms with E-state index in [0.717, 1.165) is 10.9 Å². The third-order valence-corrected chi connectivity index (χ3v) is 4.17. The molecule has 1 heterocycles. The molecule has 1 amide bonds. The molecule has 0 unspecified atom stereocenters. The molecule has 2 aromatic carbocycles. The van der Waals surface area contributed by atoms with Crippen molar-refractivity contribution in [3.8, 4) is 0 Å². The van der Waals surface area contributed by atoms with Gasteiger partial charge in [0.1, 0.15) is 0 Å². The van der Waals surface area contributed by atoms with Crippen molar-refractivity contribution < 1.29 is 31.1 Å². The molecular weight excluding hydrogens is 386 g/mol. The van der Waals surface area contributed by atoms with E-state index in [1.54, 1.807) is 6.20 Å². The number of carbonyl (C=O) groups is 1. The second kappa shape index (κ2) is 7.21. The minimum Gasteiger partial charge on any atom is -0.350 e. The zero-order valence-electron chi connectivity index (χ0n) is 14.2. The van der Waals surface area contributed by atoms with Crippen LogP contribution < -0.4 is 5.32 Å². The first-order valence-electron chi connectivity index (χ1n) is 8.17. The molecule has 148 valence electrons. The van der Waals surface area contributed by atoms with Crippen LogP contribution in [-0.4, -0.2) is 17.0 Å². The van der Waals surface area contributed by atoms with Crippen LogP contribution in [0.15, 0.2) is 54.7 Å². The number of fused-ring (bicyclic) bond motifs is 1. The van der Waals surface area contributed by atoms with Gasteiger partial charge in [0, 0.05) is 30.4 Å². The standard InChI is InChI=1S/C19H14F6N2O/c20-18(21,22)14-9-13(10-15(11-14)19(23,24)25)17(28)26-6-8-27-7-5-12-3-1-2-4-16(12)27/h1-5,7,9-11H,6,8H2,(H,26,28). The molecule has 0 atom stereocenters. The second-order valence-electron chi connectivity index (χ2n) is 6.12. The Morgan fingerprint density at radius 3 is 2.11 bits per heavy atom. The van der Waals surface area contributed by atoms with Gasteiger partial charge in [-0.15, -0.1) is 0 Å². The third-order valence-electron chi connectivity index (χ3n) is 4.17. The Balaban J connectivity index is 1.76. The summed E-state index contributed by atoms with van der Waals surface area (Å²) >= 11 is 0. The molecule has 9 heteroatoms. The van der Waals surface area contributed by atoms with E-state index in [2.05, 4.69) is 5.32 Å². The van der Waals surface area contributed by atoms with Crippen molar-refractivity contribution in [2.24, 2.45) is 0 Å². The number of carbonyl (C=O) groups excluding carboxylic acids is 1. The molecule has 0 bridgehead atoms. The molecule has 0 aliphatic rings. The zero-order valence-corrected chi connectivity index (χ0v) is 14.2. The Bertz CT molecular complexity index is 971. The molecule has 0 aliphatic heterocycles. The highest BCUT2D eigenvalue weighted by Crippen LogP contribution is 2.36. The van der Waals surface area contributed by atoms with Gasteiger partial charge in [0.05, 0.1) is 11.1 Å². The highest BCUT2D eigenvalue weighted by Gasteiger charge is 2.37. The number of amides is 1. The first-order chi connectivity index (χ1) is 13.1. The maximum absolute atomic E-state index is 12.9. The summed E-state index contributed by atoms with van der Waals surface area (Å²) in [5, 5.41) is 3.34. The summed E-state index contributed by atoms with van der Waals surface area (Å²) in [6.07, 6.45) is -8.22. The first-order valence-corrected chi connectivity index (χ1v) is 8.17. The van der Waals surface area contributed by atoms with Crippen LogP contribution in [0.25, 0.3) is 10.9 Å². The van der Waals surface area contributed by atoms with Crippen LogP contribution in [0.4, 0.5) is 26.3 Å². The normalized spacial score (nSPS) is 12.4. The van der Waals surface area contributed by atoms with Crippen LogP contribution in [-0.2, 0) is 18.9 Å². The summed E-state index contributed by atoms with van der Waals surface area (Å²) in [7, 11) is 0. The van der Waals surface area contributed by atoms with Gasteiger partial charge in [-0.25, -0.2) is 0 Å². The lowest BCUT2D eigenvalue weighted by Crippen LogP contribution is -2.28. The van der Waals surface area contributed by atoms with E-state index in [9.17, 15) is 31.1 Å². The number of alkyl halides is 6. The van der Waals surface area contributed by atoms with Gasteiger partial charge in [-0.3, -0.25) is 4.79 Å². The lowest BCUT2D eigenvalue weighted by Gasteiger charge is -2.14. The third kappa shape index (κ3) is 4.29. The molecule has 3 aromatic rings. The van der Waals surface area contributed by atoms with Crippen LogP contribution in [0.5, 0.6) is 0 Å². The number of nitrogens with one attached hydrogen (secondary N) is 1. The predicted octanol–water partition coefficient (Wildman–Crippen LogP) is 5.11. The van der Waals surface area contributed by atoms with E-state index < -0.39 is 35.0 Å². The van der Waals surface area contributed by atoms with Gasteiger partial charge >= 0.3 is 12.4 Å². The molecule has 0 aliphatic carbocycles. The van der Waals surface area contributed by atoms with Gasteiger partial charge in [0.15, 0.2) is 0 Å². The minimum atomic E-state index is -5.00. The van der Waals surface area contributed by atoms with Crippen molar-refractivity contribution >= 4 is 16.8 Å². The number of rotatable bonds is 4. The SMILES string of the molecule is O=C(NCCn1ccc2ccccc21)c1cc(C(F)(F)F)cc(C(F)(F)F)c1. The average molecular weight is 400 g/mol. The van der Waals surface area contributed by atoms with Gasteiger partial charge < -0.3 is 9.88 Å². The van der Waals surface area contributed by atoms with Crippen LogP contribution in [0.3, 0.4) is 0 Å². The second-order valence-corrected chi connectivity index (χ2v) is 6.12. The van der Waals surface area contributed by atoms with Crippen molar-refractivity contribution in [2.75, 3.05) is 6.54 Å². The first kappa shape index (κ1) is 19.8. The number of halogens is 6. The molecule has 0 spiro atoms. The van der Waals surface area contributed by atoms with Crippen molar-refractivity contribution in [1.82, 2.24) is 9.88 Å². The number of hydrogen-bond acceptors (Lipinski definition) is 1. The summed E-state index contributed by atoms with van der Waals surface area (Å²) in [5.74, 6) is -1.01. The molecular formula is C19H14F6N2O. The Labute approximate surface area is 155 Å². The smallest absolute Gasteiger partial charge is 0.350 e. The number of benzene rings is 2. The topological polar surface area (TPSA) is 34.0 Å². The molecule has 0 radical (unpaired) electrons. The highest BCUT2D eigenvalue weighted by molar-refractivity contribution is 5.94. The van der Waals surface area contributed by atoms with Crippen molar-refractivity contribution in [1.29, 1.82) is 0 Å². The Morgan fingerprint density at radius 1 is 0.893 bits per heavy atom. The summed E-state index contributed by atoms with van der Waals surface area (Å²) in [6, 6.07) is 10.1. The fourth-order valence-electron chi connectivity index (χ4n) is 2.81. The molecule has 3 nitrogen and oxygen atoms in total. The quantitative estimate of drug-likeness (QED) is 0.607. The summed E-state index contributed by atoms with van der Waals surface area (Å²) in [4.78, 5) is 12.1. The van der Waals surface area contributed by atoms with E-state index in [0.29, 0.717) is 18.7 Å². The zero-order chi connectivity index (χ0) is 20.5. The summed E-state index contributed by atoms with van der Waals surface area (Å²) in [6.45, 7) is 0.347. The monoisotopic (exact) mass is 400 g/mol. The van der Waals surface area contributed by atoms with Crippen molar-refractivity contribution in [3.63, 3.8) is 0 Å². The maximum atomic E-state index is 12.9. The number of para-hydroxylation sites is 1. The molecule has 1 N–H and O–H groups in total. The van der Waals surface area contributed by atoms with Crippen LogP contribution in [0, 0.1) is 0 Å². The fourth-order valence-corrected chi connectivity index (χ4v) is 2.81. The van der Waals surface area contributed by atoms with Gasteiger partial charge in [0.2, 0.25) is 0 Å². The Hall–Kier alpha value is -2.97. The average Bonchev–Trinajstić information content (AvgIpc) is 3.03. The van der Waals surface area contributed by atoms with Gasteiger partial charge in [-0.1, -0.05) is 18.2 Å². The summed E-state index contributed by atoms with van der Waals surface area (Å²) < 4.78 is 79.1. The number of hydrogen-bond donors (Lipinski definition) is 1. The van der Waals surface area contributed by atoms with Crippen LogP contribution in [0.1, 0.15) is 21.5 Å². The molecule has 1 aromatic heterocycles. The minimum absolute atomic E-state index is 0.0112. The number of nitrogens with zero attached hydrogens (tertiary/aromatic N) is 1. The highest BCUT2D eigenvalue weighted by atomic mass is 19.4. The van der Waals surface area contributed by atoms with Gasteiger partial charge in [0.25, 0.3) is 5.91 Å². The Morgan fingerprint density at radius 2 is 1.50 bits per heavy atom. The van der Waals surface area contributed by atoms with Crippen molar-refractivity contribution in [2.45, 2.75) is 18.9 Å². The molecule has 0 saturated heterocycles. The lowest BCUT2D eigenvalue weighted by atomic mass is 10.0. The molecule has 0 fully saturated rings. The summed E-state index contributed by atoms with van der Waals surface area (Å²) in [5.41, 5.74) is -2.84. The van der Waals surface area contributed by atoms with E-state index >= 15 is 0 Å². The van der Waals surface area contributed by atoms with E-state index in [4.69, 9.17) is 0 Å². The molecule has 0 saturated carbocycles. The lowest BCUT2D eigenvalue weighted by molar-refractivity contribution is -0.143. The van der Waals surface area contributed by atoms with E-state index in [1.807, 2.05) is 34.9 Å². The van der Waals surface area contributed by atoms with E-state index in [1.165, 1.54) is 0 Å². The fraction of sp³-hybridized carbons (Fsp3) is 0.211.